The van der Waals surface area contributed by atoms with E-state index in [9.17, 15) is 13.9 Å². The SMILES string of the molecule is Cl.N[C@H](c1c(F)cccc1F)[C@@H](O)C1CC1. The molecule has 0 amide bonds. The quantitative estimate of drug-likeness (QED) is 0.862. The van der Waals surface area contributed by atoms with E-state index in [4.69, 9.17) is 5.73 Å². The van der Waals surface area contributed by atoms with Crippen molar-refractivity contribution in [1.29, 1.82) is 0 Å². The molecule has 0 bridgehead atoms. The highest BCUT2D eigenvalue weighted by molar-refractivity contribution is 5.85. The highest BCUT2D eigenvalue weighted by atomic mass is 35.5. The number of benzene rings is 1. The van der Waals surface area contributed by atoms with Gasteiger partial charge in [0.1, 0.15) is 11.6 Å². The summed E-state index contributed by atoms with van der Waals surface area (Å²) < 4.78 is 26.6. The maximum absolute atomic E-state index is 13.3. The van der Waals surface area contributed by atoms with Crippen LogP contribution in [0.4, 0.5) is 8.78 Å². The monoisotopic (exact) mass is 249 g/mol. The Bertz CT molecular complexity index is 351. The Morgan fingerprint density at radius 3 is 2.19 bits per heavy atom. The molecular formula is C11H14ClF2NO. The van der Waals surface area contributed by atoms with Crippen molar-refractivity contribution >= 4 is 12.4 Å². The smallest absolute Gasteiger partial charge is 0.131 e. The first-order valence-corrected chi connectivity index (χ1v) is 4.99. The topological polar surface area (TPSA) is 46.2 Å². The van der Waals surface area contributed by atoms with Gasteiger partial charge in [-0.15, -0.1) is 12.4 Å². The van der Waals surface area contributed by atoms with Crippen LogP contribution >= 0.6 is 12.4 Å². The summed E-state index contributed by atoms with van der Waals surface area (Å²) in [6.07, 6.45) is 0.909. The van der Waals surface area contributed by atoms with Crippen molar-refractivity contribution in [2.45, 2.75) is 25.0 Å². The lowest BCUT2D eigenvalue weighted by molar-refractivity contribution is 0.119. The minimum absolute atomic E-state index is 0. The molecule has 0 heterocycles. The molecule has 0 aromatic heterocycles. The summed E-state index contributed by atoms with van der Waals surface area (Å²) in [6.45, 7) is 0. The fourth-order valence-corrected chi connectivity index (χ4v) is 1.73. The van der Waals surface area contributed by atoms with Crippen LogP contribution in [0.1, 0.15) is 24.4 Å². The van der Waals surface area contributed by atoms with E-state index < -0.39 is 23.8 Å². The zero-order chi connectivity index (χ0) is 11.0. The summed E-state index contributed by atoms with van der Waals surface area (Å²) in [6, 6.07) is 2.61. The minimum Gasteiger partial charge on any atom is -0.391 e. The normalized spacial score (nSPS) is 18.8. The summed E-state index contributed by atoms with van der Waals surface area (Å²) in [5.74, 6) is -1.29. The van der Waals surface area contributed by atoms with Crippen LogP contribution in [0.15, 0.2) is 18.2 Å². The van der Waals surface area contributed by atoms with Gasteiger partial charge in [0.25, 0.3) is 0 Å². The first-order valence-electron chi connectivity index (χ1n) is 4.99. The zero-order valence-electron chi connectivity index (χ0n) is 8.57. The molecule has 0 aliphatic heterocycles. The number of aliphatic hydroxyl groups excluding tert-OH is 1. The van der Waals surface area contributed by atoms with E-state index in [1.807, 2.05) is 0 Å². The third-order valence-corrected chi connectivity index (χ3v) is 2.81. The van der Waals surface area contributed by atoms with E-state index in [1.54, 1.807) is 0 Å². The molecule has 5 heteroatoms. The zero-order valence-corrected chi connectivity index (χ0v) is 9.38. The molecule has 2 nitrogen and oxygen atoms in total. The average molecular weight is 250 g/mol. The third-order valence-electron chi connectivity index (χ3n) is 2.81. The van der Waals surface area contributed by atoms with E-state index >= 15 is 0 Å². The Morgan fingerprint density at radius 1 is 1.25 bits per heavy atom. The van der Waals surface area contributed by atoms with Gasteiger partial charge in [0.15, 0.2) is 0 Å². The summed E-state index contributed by atoms with van der Waals surface area (Å²) in [5.41, 5.74) is 5.44. The first kappa shape index (κ1) is 13.4. The van der Waals surface area contributed by atoms with Gasteiger partial charge in [-0.25, -0.2) is 8.78 Å². The standard InChI is InChI=1S/C11H13F2NO.ClH/c12-7-2-1-3-8(13)9(7)10(14)11(15)6-4-5-6;/h1-3,6,10-11,15H,4-5,14H2;1H/t10-,11+;/m1./s1. The van der Waals surface area contributed by atoms with Gasteiger partial charge in [0.2, 0.25) is 0 Å². The molecule has 2 atom stereocenters. The van der Waals surface area contributed by atoms with Crippen molar-refractivity contribution in [3.63, 3.8) is 0 Å². The molecule has 1 fully saturated rings. The summed E-state index contributed by atoms with van der Waals surface area (Å²) in [5, 5.41) is 9.70. The number of nitrogens with two attached hydrogens (primary N) is 1. The van der Waals surface area contributed by atoms with Crippen LogP contribution in [0.5, 0.6) is 0 Å². The van der Waals surface area contributed by atoms with Crippen LogP contribution in [-0.2, 0) is 0 Å². The van der Waals surface area contributed by atoms with Gasteiger partial charge >= 0.3 is 0 Å². The fourth-order valence-electron chi connectivity index (χ4n) is 1.73. The molecule has 1 aliphatic rings. The highest BCUT2D eigenvalue weighted by Crippen LogP contribution is 2.38. The molecule has 0 saturated heterocycles. The van der Waals surface area contributed by atoms with E-state index in [-0.39, 0.29) is 23.9 Å². The number of hydrogen-bond donors (Lipinski definition) is 2. The number of halogens is 3. The van der Waals surface area contributed by atoms with Crippen molar-refractivity contribution in [2.24, 2.45) is 11.7 Å². The van der Waals surface area contributed by atoms with Crippen molar-refractivity contribution in [3.05, 3.63) is 35.4 Å². The van der Waals surface area contributed by atoms with Crippen LogP contribution in [0.2, 0.25) is 0 Å². The lowest BCUT2D eigenvalue weighted by Crippen LogP contribution is -2.29. The molecule has 1 aliphatic carbocycles. The van der Waals surface area contributed by atoms with Crippen LogP contribution < -0.4 is 5.73 Å². The van der Waals surface area contributed by atoms with Gasteiger partial charge in [-0.2, -0.15) is 0 Å². The molecule has 2 rings (SSSR count). The largest absolute Gasteiger partial charge is 0.391 e. The highest BCUT2D eigenvalue weighted by Gasteiger charge is 2.36. The molecule has 0 spiro atoms. The molecule has 0 unspecified atom stereocenters. The van der Waals surface area contributed by atoms with E-state index in [0.29, 0.717) is 0 Å². The second kappa shape index (κ2) is 5.08. The van der Waals surface area contributed by atoms with Crippen LogP contribution in [0.25, 0.3) is 0 Å². The fraction of sp³-hybridized carbons (Fsp3) is 0.455. The van der Waals surface area contributed by atoms with Gasteiger partial charge in [-0.05, 0) is 30.9 Å². The van der Waals surface area contributed by atoms with Crippen molar-refractivity contribution in [1.82, 2.24) is 0 Å². The molecule has 1 aromatic carbocycles. The maximum atomic E-state index is 13.3. The van der Waals surface area contributed by atoms with Crippen LogP contribution in [0, 0.1) is 17.6 Å². The third kappa shape index (κ3) is 2.51. The minimum atomic E-state index is -0.973. The Balaban J connectivity index is 0.00000128. The second-order valence-electron chi connectivity index (χ2n) is 3.99. The van der Waals surface area contributed by atoms with Crippen LogP contribution in [-0.4, -0.2) is 11.2 Å². The van der Waals surface area contributed by atoms with Crippen molar-refractivity contribution in [3.8, 4) is 0 Å². The summed E-state index contributed by atoms with van der Waals surface area (Å²) >= 11 is 0. The Labute approximate surface area is 98.9 Å². The summed E-state index contributed by atoms with van der Waals surface area (Å²) in [4.78, 5) is 0. The van der Waals surface area contributed by atoms with E-state index in [1.165, 1.54) is 6.07 Å². The predicted molar refractivity (Wildman–Crippen MR) is 59.3 cm³/mol. The number of hydrogen-bond acceptors (Lipinski definition) is 2. The Kier molecular flexibility index (Phi) is 4.24. The van der Waals surface area contributed by atoms with E-state index in [2.05, 4.69) is 0 Å². The van der Waals surface area contributed by atoms with Gasteiger partial charge in [-0.1, -0.05) is 6.07 Å². The van der Waals surface area contributed by atoms with Gasteiger partial charge in [0.05, 0.1) is 12.1 Å². The number of rotatable bonds is 3. The van der Waals surface area contributed by atoms with Crippen LogP contribution in [0.3, 0.4) is 0 Å². The molecule has 3 N–H and O–H groups in total. The Hall–Kier alpha value is -0.710. The number of aliphatic hydroxyl groups is 1. The molecular weight excluding hydrogens is 236 g/mol. The molecule has 1 saturated carbocycles. The first-order chi connectivity index (χ1) is 7.11. The van der Waals surface area contributed by atoms with E-state index in [0.717, 1.165) is 25.0 Å². The van der Waals surface area contributed by atoms with Crippen molar-refractivity contribution in [2.75, 3.05) is 0 Å². The molecule has 16 heavy (non-hydrogen) atoms. The predicted octanol–water partition coefficient (Wildman–Crippen LogP) is 2.16. The van der Waals surface area contributed by atoms with Gasteiger partial charge in [-0.3, -0.25) is 0 Å². The summed E-state index contributed by atoms with van der Waals surface area (Å²) in [7, 11) is 0. The van der Waals surface area contributed by atoms with Gasteiger partial charge in [0, 0.05) is 5.56 Å². The average Bonchev–Trinajstić information content (AvgIpc) is 2.99. The Morgan fingerprint density at radius 2 is 1.75 bits per heavy atom. The van der Waals surface area contributed by atoms with Crippen molar-refractivity contribution < 1.29 is 13.9 Å². The van der Waals surface area contributed by atoms with Gasteiger partial charge < -0.3 is 10.8 Å². The molecule has 1 aromatic rings. The second-order valence-corrected chi connectivity index (χ2v) is 3.99. The lowest BCUT2D eigenvalue weighted by Gasteiger charge is -2.19. The lowest BCUT2D eigenvalue weighted by atomic mass is 9.98. The maximum Gasteiger partial charge on any atom is 0.131 e. The molecule has 0 radical (unpaired) electrons. The molecule has 90 valence electrons.